The van der Waals surface area contributed by atoms with Crippen LogP contribution in [0.2, 0.25) is 0 Å². The van der Waals surface area contributed by atoms with Crippen molar-refractivity contribution in [2.75, 3.05) is 13.7 Å². The Balaban J connectivity index is 1.91. The highest BCUT2D eigenvalue weighted by atomic mass is 16.5. The number of carbonyl (C=O) groups excluding carboxylic acids is 2. The number of hydrogen-bond acceptors (Lipinski definition) is 6. The zero-order valence-corrected chi connectivity index (χ0v) is 15.6. The normalized spacial score (nSPS) is 12.4. The van der Waals surface area contributed by atoms with E-state index in [9.17, 15) is 9.59 Å². The molecule has 144 valence electrons. The van der Waals surface area contributed by atoms with Crippen LogP contribution in [-0.4, -0.2) is 40.6 Å². The van der Waals surface area contributed by atoms with Gasteiger partial charge in [0.2, 0.25) is 6.41 Å². The number of carbonyl (C=O) groups is 2. The van der Waals surface area contributed by atoms with Crippen LogP contribution in [0.15, 0.2) is 55.0 Å². The van der Waals surface area contributed by atoms with E-state index in [1.165, 1.54) is 10.7 Å². The van der Waals surface area contributed by atoms with Crippen molar-refractivity contribution in [3.63, 3.8) is 0 Å². The highest BCUT2D eigenvalue weighted by Crippen LogP contribution is 2.24. The Bertz CT molecular complexity index is 998. The fourth-order valence-corrected chi connectivity index (χ4v) is 2.75. The lowest BCUT2D eigenvalue weighted by Gasteiger charge is -2.15. The molecule has 0 aliphatic rings. The van der Waals surface area contributed by atoms with Gasteiger partial charge in [0.15, 0.2) is 11.4 Å². The first-order chi connectivity index (χ1) is 13.6. The first kappa shape index (κ1) is 19.1. The second kappa shape index (κ2) is 8.81. The van der Waals surface area contributed by atoms with Gasteiger partial charge in [-0.1, -0.05) is 37.3 Å². The van der Waals surface area contributed by atoms with E-state index >= 15 is 0 Å². The maximum Gasteiger partial charge on any atom is 0.261 e. The molecule has 2 N–H and O–H groups in total. The topological polar surface area (TPSA) is 97.6 Å². The average molecular weight is 379 g/mol. The van der Waals surface area contributed by atoms with E-state index in [4.69, 9.17) is 4.74 Å². The number of nitrogens with one attached hydrogen (secondary N) is 2. The number of imide groups is 1. The number of nitrogens with zero attached hydrogens (tertiary/aromatic N) is 3. The zero-order valence-electron chi connectivity index (χ0n) is 15.6. The Hall–Kier alpha value is -3.68. The Morgan fingerprint density at radius 2 is 2.11 bits per heavy atom. The molecule has 3 rings (SSSR count). The summed E-state index contributed by atoms with van der Waals surface area (Å²) in [6.45, 7) is 2.51. The number of ether oxygens (including phenoxy) is 1. The number of benzene rings is 1. The summed E-state index contributed by atoms with van der Waals surface area (Å²) in [5, 5.41) is 9.32. The summed E-state index contributed by atoms with van der Waals surface area (Å²) in [6.07, 6.45) is 5.08. The van der Waals surface area contributed by atoms with Crippen LogP contribution >= 0.6 is 0 Å². The number of aromatic nitrogens is 3. The van der Waals surface area contributed by atoms with Crippen molar-refractivity contribution >= 4 is 23.5 Å². The highest BCUT2D eigenvalue weighted by Gasteiger charge is 2.18. The fourth-order valence-electron chi connectivity index (χ4n) is 2.75. The number of hydrogen-bond donors (Lipinski definition) is 2. The molecule has 0 aliphatic carbocycles. The van der Waals surface area contributed by atoms with E-state index in [0.29, 0.717) is 30.1 Å². The molecule has 0 saturated heterocycles. The molecule has 2 amide bonds. The minimum absolute atomic E-state index is 0.165. The predicted molar refractivity (Wildman–Crippen MR) is 105 cm³/mol. The largest absolute Gasteiger partial charge is 0.489 e. The summed E-state index contributed by atoms with van der Waals surface area (Å²) >= 11 is 0. The standard InChI is InChI=1S/C20H21N5O3/c1-14(15-6-4-3-5-7-15)12-28-18-10-17(24-25-9-8-22-19(18)25)16(11-21-2)20(27)23-13-26/h3-11,13-14,21H,12H2,1-2H3,(H,23,26,27)/b16-11-. The molecule has 0 fully saturated rings. The second-order valence-corrected chi connectivity index (χ2v) is 6.15. The molecule has 8 heteroatoms. The minimum atomic E-state index is -0.570. The second-order valence-electron chi connectivity index (χ2n) is 6.15. The summed E-state index contributed by atoms with van der Waals surface area (Å²) in [4.78, 5) is 27.2. The zero-order chi connectivity index (χ0) is 19.9. The van der Waals surface area contributed by atoms with Crippen LogP contribution in [-0.2, 0) is 9.59 Å². The summed E-state index contributed by atoms with van der Waals surface area (Å²) in [5.41, 5.74) is 2.26. The Kier molecular flexibility index (Phi) is 6.01. The van der Waals surface area contributed by atoms with E-state index < -0.39 is 5.91 Å². The fraction of sp³-hybridized carbons (Fsp3) is 0.200. The molecule has 0 saturated carbocycles. The predicted octanol–water partition coefficient (Wildman–Crippen LogP) is 1.74. The van der Waals surface area contributed by atoms with Gasteiger partial charge >= 0.3 is 0 Å². The third kappa shape index (κ3) is 4.17. The molecule has 0 spiro atoms. The van der Waals surface area contributed by atoms with Gasteiger partial charge in [-0.15, -0.1) is 0 Å². The molecule has 0 bridgehead atoms. The summed E-state index contributed by atoms with van der Waals surface area (Å²) in [7, 11) is 1.66. The smallest absolute Gasteiger partial charge is 0.261 e. The summed E-state index contributed by atoms with van der Waals surface area (Å²) in [6, 6.07) is 11.7. The van der Waals surface area contributed by atoms with Gasteiger partial charge in [0, 0.05) is 37.6 Å². The monoisotopic (exact) mass is 379 g/mol. The van der Waals surface area contributed by atoms with Crippen LogP contribution in [0, 0.1) is 0 Å². The molecule has 0 radical (unpaired) electrons. The van der Waals surface area contributed by atoms with Crippen LogP contribution in [0.25, 0.3) is 11.2 Å². The number of fused-ring (bicyclic) bond motifs is 1. The molecule has 0 aliphatic heterocycles. The van der Waals surface area contributed by atoms with E-state index in [-0.39, 0.29) is 11.5 Å². The first-order valence-corrected chi connectivity index (χ1v) is 8.78. The quantitative estimate of drug-likeness (QED) is 0.457. The SMILES string of the molecule is CN/C=C(\C(=O)NC=O)c1cc(OCC(C)c2ccccc2)c2nccn2n1. The maximum atomic E-state index is 12.2. The Morgan fingerprint density at radius 1 is 1.32 bits per heavy atom. The van der Waals surface area contributed by atoms with Crippen molar-refractivity contribution in [3.05, 3.63) is 66.2 Å². The van der Waals surface area contributed by atoms with Gasteiger partial charge in [-0.05, 0) is 5.56 Å². The molecule has 28 heavy (non-hydrogen) atoms. The van der Waals surface area contributed by atoms with Gasteiger partial charge in [0.25, 0.3) is 5.91 Å². The molecule has 1 aromatic carbocycles. The maximum absolute atomic E-state index is 12.2. The van der Waals surface area contributed by atoms with Gasteiger partial charge in [-0.2, -0.15) is 5.10 Å². The van der Waals surface area contributed by atoms with Crippen molar-refractivity contribution in [3.8, 4) is 5.75 Å². The van der Waals surface area contributed by atoms with Gasteiger partial charge < -0.3 is 10.1 Å². The van der Waals surface area contributed by atoms with Crippen LogP contribution < -0.4 is 15.4 Å². The molecular formula is C20H21N5O3. The molecule has 2 heterocycles. The van der Waals surface area contributed by atoms with Crippen molar-refractivity contribution in [1.82, 2.24) is 25.2 Å². The number of amides is 2. The summed E-state index contributed by atoms with van der Waals surface area (Å²) in [5.74, 6) is 0.0946. The van der Waals surface area contributed by atoms with E-state index in [1.807, 2.05) is 18.2 Å². The third-order valence-corrected chi connectivity index (χ3v) is 4.18. The number of imidazole rings is 1. The average Bonchev–Trinajstić information content (AvgIpc) is 3.19. The van der Waals surface area contributed by atoms with E-state index in [0.717, 1.165) is 5.56 Å². The van der Waals surface area contributed by atoms with Crippen molar-refractivity contribution < 1.29 is 14.3 Å². The third-order valence-electron chi connectivity index (χ3n) is 4.18. The first-order valence-electron chi connectivity index (χ1n) is 8.78. The van der Waals surface area contributed by atoms with Crippen LogP contribution in [0.4, 0.5) is 0 Å². The number of rotatable bonds is 8. The van der Waals surface area contributed by atoms with Gasteiger partial charge in [-0.25, -0.2) is 9.50 Å². The molecule has 8 nitrogen and oxygen atoms in total. The Morgan fingerprint density at radius 3 is 2.82 bits per heavy atom. The van der Waals surface area contributed by atoms with Gasteiger partial charge in [0.1, 0.15) is 5.69 Å². The highest BCUT2D eigenvalue weighted by molar-refractivity contribution is 6.21. The van der Waals surface area contributed by atoms with Crippen molar-refractivity contribution in [1.29, 1.82) is 0 Å². The molecule has 2 aromatic heterocycles. The van der Waals surface area contributed by atoms with Crippen LogP contribution in [0.5, 0.6) is 5.75 Å². The van der Waals surface area contributed by atoms with Crippen molar-refractivity contribution in [2.24, 2.45) is 0 Å². The molecule has 1 unspecified atom stereocenters. The lowest BCUT2D eigenvalue weighted by molar-refractivity contribution is -0.121. The molecule has 1 atom stereocenters. The van der Waals surface area contributed by atoms with Crippen LogP contribution in [0.1, 0.15) is 24.1 Å². The molecular weight excluding hydrogens is 358 g/mol. The van der Waals surface area contributed by atoms with Crippen molar-refractivity contribution in [2.45, 2.75) is 12.8 Å². The Labute approximate surface area is 162 Å². The summed E-state index contributed by atoms with van der Waals surface area (Å²) < 4.78 is 7.57. The van der Waals surface area contributed by atoms with Crippen LogP contribution in [0.3, 0.4) is 0 Å². The van der Waals surface area contributed by atoms with Gasteiger partial charge in [-0.3, -0.25) is 14.9 Å². The minimum Gasteiger partial charge on any atom is -0.489 e. The van der Waals surface area contributed by atoms with Gasteiger partial charge in [0.05, 0.1) is 12.2 Å². The molecule has 3 aromatic rings. The lowest BCUT2D eigenvalue weighted by atomic mass is 10.0. The van der Waals surface area contributed by atoms with E-state index in [1.54, 1.807) is 25.5 Å². The lowest BCUT2D eigenvalue weighted by Crippen LogP contribution is -2.24. The van der Waals surface area contributed by atoms with E-state index in [2.05, 4.69) is 39.8 Å².